The molecule has 0 fully saturated rings. The lowest BCUT2D eigenvalue weighted by Gasteiger charge is -2.13. The monoisotopic (exact) mass is 400 g/mol. The van der Waals surface area contributed by atoms with Gasteiger partial charge in [-0.15, -0.1) is 0 Å². The molecule has 0 aromatic carbocycles. The predicted molar refractivity (Wildman–Crippen MR) is 110 cm³/mol. The highest BCUT2D eigenvalue weighted by Crippen LogP contribution is 2.12. The Labute approximate surface area is 169 Å². The van der Waals surface area contributed by atoms with Crippen LogP contribution in [-0.2, 0) is 28.6 Å². The lowest BCUT2D eigenvalue weighted by Crippen LogP contribution is -2.12. The van der Waals surface area contributed by atoms with Crippen LogP contribution in [0.4, 0.5) is 0 Å². The molecule has 0 amide bonds. The van der Waals surface area contributed by atoms with Crippen molar-refractivity contribution in [1.82, 2.24) is 0 Å². The molecule has 0 saturated heterocycles. The molecule has 0 rings (SSSR count). The smallest absolute Gasteiger partial charge is 0.330 e. The topological polar surface area (TPSA) is 99.1 Å². The van der Waals surface area contributed by atoms with Gasteiger partial charge in [-0.05, 0) is 19.3 Å². The first-order chi connectivity index (χ1) is 13.4. The van der Waals surface area contributed by atoms with Gasteiger partial charge in [0.15, 0.2) is 0 Å². The SMILES string of the molecule is C=CC(=O)OCC.C=CC(=O)OCC(CC)CCCC.C=CC(=O)OCCO. The van der Waals surface area contributed by atoms with Crippen molar-refractivity contribution in [1.29, 1.82) is 0 Å². The van der Waals surface area contributed by atoms with Crippen molar-refractivity contribution in [3.63, 3.8) is 0 Å². The molecule has 0 bridgehead atoms. The van der Waals surface area contributed by atoms with Gasteiger partial charge >= 0.3 is 17.9 Å². The van der Waals surface area contributed by atoms with Gasteiger partial charge in [-0.3, -0.25) is 0 Å². The third kappa shape index (κ3) is 25.8. The van der Waals surface area contributed by atoms with E-state index in [1.165, 1.54) is 18.9 Å². The van der Waals surface area contributed by atoms with Crippen LogP contribution in [-0.4, -0.2) is 49.4 Å². The summed E-state index contributed by atoms with van der Waals surface area (Å²) < 4.78 is 13.8. The molecular weight excluding hydrogens is 364 g/mol. The predicted octanol–water partition coefficient (Wildman–Crippen LogP) is 3.38. The third-order valence-corrected chi connectivity index (χ3v) is 3.13. The van der Waals surface area contributed by atoms with Gasteiger partial charge in [0, 0.05) is 18.2 Å². The number of rotatable bonds is 12. The van der Waals surface area contributed by atoms with E-state index in [-0.39, 0.29) is 25.2 Å². The summed E-state index contributed by atoms with van der Waals surface area (Å²) in [6.07, 6.45) is 8.05. The van der Waals surface area contributed by atoms with Gasteiger partial charge in [0.05, 0.1) is 19.8 Å². The zero-order chi connectivity index (χ0) is 22.2. The molecule has 0 aromatic heterocycles. The molecule has 0 saturated carbocycles. The van der Waals surface area contributed by atoms with Crippen molar-refractivity contribution in [3.8, 4) is 0 Å². The van der Waals surface area contributed by atoms with Crippen LogP contribution in [0.25, 0.3) is 0 Å². The first-order valence-corrected chi connectivity index (χ1v) is 9.34. The van der Waals surface area contributed by atoms with Crippen molar-refractivity contribution >= 4 is 17.9 Å². The number of carbonyl (C=O) groups is 3. The molecule has 1 unspecified atom stereocenters. The first kappa shape index (κ1) is 30.3. The molecule has 7 heteroatoms. The van der Waals surface area contributed by atoms with Gasteiger partial charge in [-0.25, -0.2) is 14.4 Å². The van der Waals surface area contributed by atoms with Crippen LogP contribution in [0.15, 0.2) is 38.0 Å². The zero-order valence-electron chi connectivity index (χ0n) is 17.5. The van der Waals surface area contributed by atoms with Crippen molar-refractivity contribution in [3.05, 3.63) is 38.0 Å². The fourth-order valence-corrected chi connectivity index (χ4v) is 1.56. The minimum atomic E-state index is -0.501. The van der Waals surface area contributed by atoms with Gasteiger partial charge in [0.25, 0.3) is 0 Å². The quantitative estimate of drug-likeness (QED) is 0.304. The number of ether oxygens (including phenoxy) is 3. The Bertz CT molecular complexity index is 444. The van der Waals surface area contributed by atoms with E-state index in [4.69, 9.17) is 9.84 Å². The van der Waals surface area contributed by atoms with Crippen LogP contribution in [0, 0.1) is 5.92 Å². The second-order valence-corrected chi connectivity index (χ2v) is 5.30. The van der Waals surface area contributed by atoms with Crippen LogP contribution in [0.2, 0.25) is 0 Å². The van der Waals surface area contributed by atoms with Crippen molar-refractivity contribution in [2.45, 2.75) is 46.5 Å². The van der Waals surface area contributed by atoms with Crippen LogP contribution in [0.3, 0.4) is 0 Å². The number of unbranched alkanes of at least 4 members (excludes halogenated alkanes) is 1. The molecule has 0 radical (unpaired) electrons. The molecule has 1 atom stereocenters. The average molecular weight is 401 g/mol. The van der Waals surface area contributed by atoms with Crippen LogP contribution >= 0.6 is 0 Å². The van der Waals surface area contributed by atoms with Gasteiger partial charge in [0.1, 0.15) is 6.61 Å². The fourth-order valence-electron chi connectivity index (χ4n) is 1.56. The van der Waals surface area contributed by atoms with E-state index in [0.717, 1.165) is 25.0 Å². The van der Waals surface area contributed by atoms with Gasteiger partial charge in [-0.2, -0.15) is 0 Å². The zero-order valence-corrected chi connectivity index (χ0v) is 17.5. The van der Waals surface area contributed by atoms with E-state index < -0.39 is 5.97 Å². The Hall–Kier alpha value is -2.41. The van der Waals surface area contributed by atoms with E-state index in [2.05, 4.69) is 43.1 Å². The van der Waals surface area contributed by atoms with E-state index in [1.807, 2.05) is 0 Å². The number of esters is 3. The Balaban J connectivity index is -0.000000359. The standard InChI is InChI=1S/C11H20O2.C5H8O3.C5H8O2/c1-4-7-8-10(5-2)9-13-11(12)6-3;1-2-5(7)8-4-3-6;1-3-5(6)7-4-2/h6,10H,3-5,7-9H2,1-2H3;2,6H,1,3-4H2;3H,1,4H2,2H3. The summed E-state index contributed by atoms with van der Waals surface area (Å²) in [6.45, 7) is 16.6. The second-order valence-electron chi connectivity index (χ2n) is 5.30. The Morgan fingerprint density at radius 3 is 1.75 bits per heavy atom. The molecule has 0 spiro atoms. The largest absolute Gasteiger partial charge is 0.463 e. The third-order valence-electron chi connectivity index (χ3n) is 3.13. The average Bonchev–Trinajstić information content (AvgIpc) is 2.72. The minimum Gasteiger partial charge on any atom is -0.463 e. The van der Waals surface area contributed by atoms with Crippen molar-refractivity contribution in [2.24, 2.45) is 5.92 Å². The lowest BCUT2D eigenvalue weighted by atomic mass is 10.0. The number of aliphatic hydroxyl groups is 1. The van der Waals surface area contributed by atoms with E-state index in [1.54, 1.807) is 6.92 Å². The highest BCUT2D eigenvalue weighted by molar-refractivity contribution is 5.81. The Morgan fingerprint density at radius 2 is 1.39 bits per heavy atom. The van der Waals surface area contributed by atoms with Crippen LogP contribution < -0.4 is 0 Å². The summed E-state index contributed by atoms with van der Waals surface area (Å²) in [6, 6.07) is 0. The highest BCUT2D eigenvalue weighted by atomic mass is 16.5. The molecule has 0 aliphatic rings. The molecule has 28 heavy (non-hydrogen) atoms. The molecule has 0 aliphatic heterocycles. The molecule has 1 N–H and O–H groups in total. The minimum absolute atomic E-state index is 0.0465. The fraction of sp³-hybridized carbons (Fsp3) is 0.571. The van der Waals surface area contributed by atoms with Crippen LogP contribution in [0.1, 0.15) is 46.5 Å². The Morgan fingerprint density at radius 1 is 0.893 bits per heavy atom. The molecule has 7 nitrogen and oxygen atoms in total. The molecule has 0 aliphatic carbocycles. The van der Waals surface area contributed by atoms with E-state index in [9.17, 15) is 14.4 Å². The summed E-state index contributed by atoms with van der Waals surface area (Å²) in [7, 11) is 0. The molecular formula is C21H36O7. The van der Waals surface area contributed by atoms with Gasteiger partial charge in [-0.1, -0.05) is 52.8 Å². The van der Waals surface area contributed by atoms with Crippen molar-refractivity contribution in [2.75, 3.05) is 26.4 Å². The van der Waals surface area contributed by atoms with E-state index >= 15 is 0 Å². The number of carbonyl (C=O) groups excluding carboxylic acids is 3. The Kier molecular flexibility index (Phi) is 26.6. The van der Waals surface area contributed by atoms with Gasteiger partial charge < -0.3 is 19.3 Å². The molecule has 0 heterocycles. The summed E-state index contributed by atoms with van der Waals surface area (Å²) in [5.41, 5.74) is 0. The number of hydrogen-bond donors (Lipinski definition) is 1. The maximum absolute atomic E-state index is 10.8. The normalized spacial score (nSPS) is 9.86. The molecule has 0 aromatic rings. The summed E-state index contributed by atoms with van der Waals surface area (Å²) >= 11 is 0. The summed E-state index contributed by atoms with van der Waals surface area (Å²) in [5, 5.41) is 8.10. The van der Waals surface area contributed by atoms with Gasteiger partial charge in [0.2, 0.25) is 0 Å². The maximum atomic E-state index is 10.8. The molecule has 162 valence electrons. The van der Waals surface area contributed by atoms with Crippen molar-refractivity contribution < 1.29 is 33.7 Å². The first-order valence-electron chi connectivity index (χ1n) is 9.34. The summed E-state index contributed by atoms with van der Waals surface area (Å²) in [5.74, 6) is -0.652. The maximum Gasteiger partial charge on any atom is 0.330 e. The lowest BCUT2D eigenvalue weighted by molar-refractivity contribution is -0.139. The van der Waals surface area contributed by atoms with Crippen LogP contribution in [0.5, 0.6) is 0 Å². The number of hydrogen-bond acceptors (Lipinski definition) is 7. The van der Waals surface area contributed by atoms with E-state index in [0.29, 0.717) is 19.1 Å². The number of aliphatic hydroxyl groups excluding tert-OH is 1. The second kappa shape index (κ2) is 24.6. The highest BCUT2D eigenvalue weighted by Gasteiger charge is 2.07. The summed E-state index contributed by atoms with van der Waals surface area (Å²) in [4.78, 5) is 31.0.